The number of hydrogen-bond donors (Lipinski definition) is 0. The van der Waals surface area contributed by atoms with Gasteiger partial charge in [0.25, 0.3) is 0 Å². The predicted molar refractivity (Wildman–Crippen MR) is 54.6 cm³/mol. The summed E-state index contributed by atoms with van der Waals surface area (Å²) in [5.74, 6) is 1.25. The molecule has 0 amide bonds. The molecule has 0 aliphatic heterocycles. The van der Waals surface area contributed by atoms with Gasteiger partial charge in [0, 0.05) is 5.88 Å². The molecule has 0 aromatic heterocycles. The second-order valence-corrected chi connectivity index (χ2v) is 3.24. The van der Waals surface area contributed by atoms with Gasteiger partial charge in [0.2, 0.25) is 0 Å². The molecule has 0 radical (unpaired) electrons. The highest BCUT2D eigenvalue weighted by Crippen LogP contribution is 2.23. The fourth-order valence-electron chi connectivity index (χ4n) is 0.698. The van der Waals surface area contributed by atoms with Crippen molar-refractivity contribution in [1.82, 2.24) is 0 Å². The zero-order valence-corrected chi connectivity index (χ0v) is 8.68. The van der Waals surface area contributed by atoms with Crippen LogP contribution in [0.25, 0.3) is 0 Å². The van der Waals surface area contributed by atoms with Gasteiger partial charge in [0.05, 0.1) is 10.7 Å². The number of ether oxygens (including phenoxy) is 1. The van der Waals surface area contributed by atoms with Gasteiger partial charge < -0.3 is 4.74 Å². The highest BCUT2D eigenvalue weighted by molar-refractivity contribution is 9.10. The van der Waals surface area contributed by atoms with E-state index >= 15 is 0 Å². The van der Waals surface area contributed by atoms with Crippen molar-refractivity contribution < 1.29 is 4.74 Å². The Bertz CT molecular complexity index is 273. The summed E-state index contributed by atoms with van der Waals surface area (Å²) in [5.41, 5.74) is 0. The SMILES string of the molecule is ClCC=COc1ccccc1Br. The topological polar surface area (TPSA) is 9.23 Å². The molecule has 0 heterocycles. The highest BCUT2D eigenvalue weighted by atomic mass is 79.9. The molecule has 64 valence electrons. The van der Waals surface area contributed by atoms with Gasteiger partial charge in [0.15, 0.2) is 0 Å². The monoisotopic (exact) mass is 246 g/mol. The van der Waals surface area contributed by atoms with Gasteiger partial charge in [-0.05, 0) is 34.1 Å². The minimum atomic E-state index is 0.463. The third-order valence-corrected chi connectivity index (χ3v) is 2.05. The third-order valence-electron chi connectivity index (χ3n) is 1.22. The lowest BCUT2D eigenvalue weighted by molar-refractivity contribution is 0.477. The van der Waals surface area contributed by atoms with E-state index in [0.29, 0.717) is 5.88 Å². The number of para-hydroxylation sites is 1. The van der Waals surface area contributed by atoms with Crippen LogP contribution < -0.4 is 4.74 Å². The summed E-state index contributed by atoms with van der Waals surface area (Å²) in [7, 11) is 0. The molecule has 0 aliphatic rings. The molecule has 3 heteroatoms. The summed E-state index contributed by atoms with van der Waals surface area (Å²) in [5, 5.41) is 0. The van der Waals surface area contributed by atoms with Crippen LogP contribution in [0.4, 0.5) is 0 Å². The fraction of sp³-hybridized carbons (Fsp3) is 0.111. The van der Waals surface area contributed by atoms with Crippen LogP contribution in [0.3, 0.4) is 0 Å². The van der Waals surface area contributed by atoms with Gasteiger partial charge in [-0.25, -0.2) is 0 Å². The maximum absolute atomic E-state index is 5.43. The van der Waals surface area contributed by atoms with E-state index in [0.717, 1.165) is 10.2 Å². The maximum Gasteiger partial charge on any atom is 0.140 e. The summed E-state index contributed by atoms with van der Waals surface area (Å²) in [6.07, 6.45) is 3.31. The van der Waals surface area contributed by atoms with Crippen molar-refractivity contribution in [1.29, 1.82) is 0 Å². The molecular formula is C9H8BrClO. The molecule has 1 aromatic carbocycles. The first-order chi connectivity index (χ1) is 5.84. The van der Waals surface area contributed by atoms with Crippen molar-refractivity contribution in [3.63, 3.8) is 0 Å². The minimum Gasteiger partial charge on any atom is -0.464 e. The standard InChI is InChI=1S/C9H8BrClO/c10-8-4-1-2-5-9(8)12-7-3-6-11/h1-5,7H,6H2. The molecule has 1 nitrogen and oxygen atoms in total. The van der Waals surface area contributed by atoms with Crippen LogP contribution in [0.1, 0.15) is 0 Å². The van der Waals surface area contributed by atoms with Crippen LogP contribution >= 0.6 is 27.5 Å². The number of halogens is 2. The summed E-state index contributed by atoms with van der Waals surface area (Å²) in [6.45, 7) is 0. The molecule has 1 aromatic rings. The van der Waals surface area contributed by atoms with Crippen molar-refractivity contribution in [3.8, 4) is 5.75 Å². The van der Waals surface area contributed by atoms with Crippen molar-refractivity contribution in [2.75, 3.05) is 5.88 Å². The van der Waals surface area contributed by atoms with Crippen LogP contribution in [-0.2, 0) is 0 Å². The highest BCUT2D eigenvalue weighted by Gasteiger charge is 1.94. The van der Waals surface area contributed by atoms with Crippen molar-refractivity contribution >= 4 is 27.5 Å². The molecule has 0 saturated heterocycles. The predicted octanol–water partition coefficient (Wildman–Crippen LogP) is 3.58. The van der Waals surface area contributed by atoms with E-state index in [1.54, 1.807) is 12.3 Å². The lowest BCUT2D eigenvalue weighted by Crippen LogP contribution is -1.82. The van der Waals surface area contributed by atoms with Gasteiger partial charge in [-0.1, -0.05) is 12.1 Å². The molecule has 0 N–H and O–H groups in total. The van der Waals surface area contributed by atoms with E-state index in [1.165, 1.54) is 0 Å². The normalized spacial score (nSPS) is 10.5. The molecule has 1 rings (SSSR count). The van der Waals surface area contributed by atoms with Crippen molar-refractivity contribution in [2.24, 2.45) is 0 Å². The molecule has 0 spiro atoms. The molecule has 0 unspecified atom stereocenters. The fourth-order valence-corrected chi connectivity index (χ4v) is 1.15. The van der Waals surface area contributed by atoms with E-state index < -0.39 is 0 Å². The molecule has 0 atom stereocenters. The van der Waals surface area contributed by atoms with Crippen LogP contribution in [0.15, 0.2) is 41.1 Å². The third kappa shape index (κ3) is 2.88. The van der Waals surface area contributed by atoms with Crippen molar-refractivity contribution in [3.05, 3.63) is 41.1 Å². The number of hydrogen-bond acceptors (Lipinski definition) is 1. The van der Waals surface area contributed by atoms with Gasteiger partial charge in [0.1, 0.15) is 5.75 Å². The van der Waals surface area contributed by atoms with Gasteiger partial charge in [-0.15, -0.1) is 11.6 Å². The van der Waals surface area contributed by atoms with Crippen LogP contribution in [0.5, 0.6) is 5.75 Å². The molecule has 0 aliphatic carbocycles. The Morgan fingerprint density at radius 2 is 2.17 bits per heavy atom. The van der Waals surface area contributed by atoms with E-state index in [1.807, 2.05) is 24.3 Å². The number of allylic oxidation sites excluding steroid dienone is 1. The number of benzene rings is 1. The summed E-state index contributed by atoms with van der Waals surface area (Å²) in [6, 6.07) is 7.64. The van der Waals surface area contributed by atoms with Crippen LogP contribution in [-0.4, -0.2) is 5.88 Å². The Labute approximate surface area is 85.1 Å². The Balaban J connectivity index is 2.63. The molecule has 0 saturated carbocycles. The minimum absolute atomic E-state index is 0.463. The quantitative estimate of drug-likeness (QED) is 0.586. The first-order valence-electron chi connectivity index (χ1n) is 3.47. The molecular weight excluding hydrogens is 239 g/mol. The Kier molecular flexibility index (Phi) is 4.19. The molecule has 12 heavy (non-hydrogen) atoms. The van der Waals surface area contributed by atoms with Crippen molar-refractivity contribution in [2.45, 2.75) is 0 Å². The van der Waals surface area contributed by atoms with Gasteiger partial charge >= 0.3 is 0 Å². The average Bonchev–Trinajstić information content (AvgIpc) is 2.09. The Morgan fingerprint density at radius 1 is 1.42 bits per heavy atom. The maximum atomic E-state index is 5.43. The van der Waals surface area contributed by atoms with Crippen LogP contribution in [0, 0.1) is 0 Å². The lowest BCUT2D eigenvalue weighted by Gasteiger charge is -2.00. The summed E-state index contributed by atoms with van der Waals surface area (Å²) < 4.78 is 6.20. The average molecular weight is 248 g/mol. The number of rotatable bonds is 3. The second-order valence-electron chi connectivity index (χ2n) is 2.07. The molecule has 0 bridgehead atoms. The summed E-state index contributed by atoms with van der Waals surface area (Å²) >= 11 is 8.79. The van der Waals surface area contributed by atoms with E-state index in [2.05, 4.69) is 15.9 Å². The van der Waals surface area contributed by atoms with E-state index in [4.69, 9.17) is 16.3 Å². The van der Waals surface area contributed by atoms with Gasteiger partial charge in [-0.2, -0.15) is 0 Å². The Morgan fingerprint density at radius 3 is 2.83 bits per heavy atom. The second kappa shape index (κ2) is 5.22. The lowest BCUT2D eigenvalue weighted by atomic mass is 10.3. The van der Waals surface area contributed by atoms with Gasteiger partial charge in [-0.3, -0.25) is 0 Å². The zero-order chi connectivity index (χ0) is 8.81. The van der Waals surface area contributed by atoms with Crippen LogP contribution in [0.2, 0.25) is 0 Å². The zero-order valence-electron chi connectivity index (χ0n) is 6.34. The first-order valence-corrected chi connectivity index (χ1v) is 4.79. The summed E-state index contributed by atoms with van der Waals surface area (Å²) in [4.78, 5) is 0. The smallest absolute Gasteiger partial charge is 0.140 e. The van der Waals surface area contributed by atoms with E-state index in [9.17, 15) is 0 Å². The first kappa shape index (κ1) is 9.62. The van der Waals surface area contributed by atoms with E-state index in [-0.39, 0.29) is 0 Å². The molecule has 0 fully saturated rings. The Hall–Kier alpha value is -0.470. The number of alkyl halides is 1. The largest absolute Gasteiger partial charge is 0.464 e.